The van der Waals surface area contributed by atoms with Gasteiger partial charge in [-0.15, -0.1) is 5.10 Å². The predicted octanol–water partition coefficient (Wildman–Crippen LogP) is 6.83. The van der Waals surface area contributed by atoms with Gasteiger partial charge >= 0.3 is 0 Å². The summed E-state index contributed by atoms with van der Waals surface area (Å²) < 4.78 is 2.16. The van der Waals surface area contributed by atoms with Gasteiger partial charge in [-0.05, 0) is 49.1 Å². The Morgan fingerprint density at radius 2 is 1.55 bits per heavy atom. The van der Waals surface area contributed by atoms with Crippen LogP contribution in [0.4, 0.5) is 0 Å². The Morgan fingerprint density at radius 3 is 2.24 bits per heavy atom. The van der Waals surface area contributed by atoms with Crippen LogP contribution in [0.25, 0.3) is 22.5 Å². The molecular weight excluding hydrogens is 354 g/mol. The standard InChI is InChI=1S/C26H33N3/c1-7-25(3,4)22-17-18-13-9-10-14-19(18)24-23(21-16-12-11-15-20(21)22)27-28-29(24)26(5,6)8-2/h9-16,22H,7-8,17H2,1-6H3. The maximum atomic E-state index is 4.77. The second-order valence-electron chi connectivity index (χ2n) is 9.71. The number of rotatable bonds is 4. The lowest BCUT2D eigenvalue weighted by molar-refractivity contribution is 0.271. The molecule has 0 fully saturated rings. The van der Waals surface area contributed by atoms with E-state index in [2.05, 4.69) is 94.8 Å². The van der Waals surface area contributed by atoms with Crippen molar-refractivity contribution in [1.29, 1.82) is 0 Å². The van der Waals surface area contributed by atoms with Gasteiger partial charge in [0.05, 0.1) is 11.2 Å². The number of hydrogen-bond acceptors (Lipinski definition) is 2. The molecule has 0 bridgehead atoms. The molecule has 29 heavy (non-hydrogen) atoms. The third-order valence-electron chi connectivity index (χ3n) is 7.25. The third-order valence-corrected chi connectivity index (χ3v) is 7.25. The maximum Gasteiger partial charge on any atom is 0.121 e. The highest BCUT2D eigenvalue weighted by atomic mass is 15.5. The average molecular weight is 388 g/mol. The number of hydrogen-bond donors (Lipinski definition) is 0. The van der Waals surface area contributed by atoms with Crippen molar-refractivity contribution in [2.24, 2.45) is 5.41 Å². The minimum Gasteiger partial charge on any atom is -0.238 e. The van der Waals surface area contributed by atoms with Crippen LogP contribution in [-0.4, -0.2) is 15.0 Å². The first kappa shape index (κ1) is 19.9. The molecule has 3 aromatic rings. The van der Waals surface area contributed by atoms with Crippen LogP contribution in [0, 0.1) is 5.41 Å². The molecule has 0 amide bonds. The van der Waals surface area contributed by atoms with Gasteiger partial charge in [-0.3, -0.25) is 0 Å². The van der Waals surface area contributed by atoms with Crippen LogP contribution in [0.1, 0.15) is 71.4 Å². The Balaban J connectivity index is 2.08. The SMILES string of the molecule is CCC(C)(C)C1Cc2ccccc2-c2c(nnn2C(C)(C)CC)-c2ccccc21. The summed E-state index contributed by atoms with van der Waals surface area (Å²) >= 11 is 0. The van der Waals surface area contributed by atoms with Crippen molar-refractivity contribution < 1.29 is 0 Å². The van der Waals surface area contributed by atoms with E-state index in [1.54, 1.807) is 0 Å². The molecule has 3 heteroatoms. The van der Waals surface area contributed by atoms with E-state index in [-0.39, 0.29) is 11.0 Å². The van der Waals surface area contributed by atoms with Crippen molar-refractivity contribution in [2.75, 3.05) is 0 Å². The third kappa shape index (κ3) is 3.21. The van der Waals surface area contributed by atoms with E-state index < -0.39 is 0 Å². The highest BCUT2D eigenvalue weighted by Gasteiger charge is 2.36. The number of nitrogens with zero attached hydrogens (tertiary/aromatic N) is 3. The van der Waals surface area contributed by atoms with E-state index in [0.29, 0.717) is 5.92 Å². The van der Waals surface area contributed by atoms with Crippen LogP contribution < -0.4 is 0 Å². The first-order valence-electron chi connectivity index (χ1n) is 10.9. The molecule has 0 N–H and O–H groups in total. The summed E-state index contributed by atoms with van der Waals surface area (Å²) in [7, 11) is 0. The topological polar surface area (TPSA) is 30.7 Å². The van der Waals surface area contributed by atoms with Gasteiger partial charge in [-0.2, -0.15) is 0 Å². The monoisotopic (exact) mass is 387 g/mol. The van der Waals surface area contributed by atoms with E-state index in [9.17, 15) is 0 Å². The average Bonchev–Trinajstić information content (AvgIpc) is 3.16. The quantitative estimate of drug-likeness (QED) is 0.491. The van der Waals surface area contributed by atoms with Gasteiger partial charge in [-0.25, -0.2) is 4.68 Å². The summed E-state index contributed by atoms with van der Waals surface area (Å²) in [5.74, 6) is 0.433. The van der Waals surface area contributed by atoms with Crippen molar-refractivity contribution in [3.05, 3.63) is 59.7 Å². The van der Waals surface area contributed by atoms with E-state index >= 15 is 0 Å². The fourth-order valence-electron chi connectivity index (χ4n) is 4.50. The van der Waals surface area contributed by atoms with Crippen LogP contribution in [0.2, 0.25) is 0 Å². The maximum absolute atomic E-state index is 4.77. The Morgan fingerprint density at radius 1 is 0.897 bits per heavy atom. The zero-order chi connectivity index (χ0) is 20.8. The van der Waals surface area contributed by atoms with Crippen LogP contribution in [0.3, 0.4) is 0 Å². The zero-order valence-electron chi connectivity index (χ0n) is 18.7. The van der Waals surface area contributed by atoms with E-state index in [1.807, 2.05) is 0 Å². The molecule has 1 aromatic heterocycles. The lowest BCUT2D eigenvalue weighted by atomic mass is 9.68. The highest BCUT2D eigenvalue weighted by molar-refractivity contribution is 5.83. The molecule has 4 rings (SSSR count). The molecule has 0 aliphatic heterocycles. The van der Waals surface area contributed by atoms with Crippen LogP contribution in [0.5, 0.6) is 0 Å². The fraction of sp³-hybridized carbons (Fsp3) is 0.462. The molecule has 0 radical (unpaired) electrons. The van der Waals surface area contributed by atoms with Gasteiger partial charge in [0.15, 0.2) is 0 Å². The number of benzene rings is 2. The Hall–Kier alpha value is -2.42. The zero-order valence-corrected chi connectivity index (χ0v) is 18.7. The van der Waals surface area contributed by atoms with Crippen molar-refractivity contribution >= 4 is 0 Å². The van der Waals surface area contributed by atoms with Gasteiger partial charge in [0.2, 0.25) is 0 Å². The summed E-state index contributed by atoms with van der Waals surface area (Å²) in [6, 6.07) is 17.7. The molecule has 0 saturated carbocycles. The molecule has 2 aromatic carbocycles. The van der Waals surface area contributed by atoms with Gasteiger partial charge in [0.25, 0.3) is 0 Å². The second kappa shape index (κ2) is 7.12. The van der Waals surface area contributed by atoms with Crippen LogP contribution in [0.15, 0.2) is 48.5 Å². The molecule has 1 atom stereocenters. The molecule has 152 valence electrons. The fourth-order valence-corrected chi connectivity index (χ4v) is 4.50. The Bertz CT molecular complexity index is 1030. The molecule has 1 aliphatic rings. The van der Waals surface area contributed by atoms with Crippen molar-refractivity contribution in [1.82, 2.24) is 15.0 Å². The molecule has 3 nitrogen and oxygen atoms in total. The second-order valence-corrected chi connectivity index (χ2v) is 9.71. The van der Waals surface area contributed by atoms with Crippen LogP contribution >= 0.6 is 0 Å². The normalized spacial score (nSPS) is 16.4. The summed E-state index contributed by atoms with van der Waals surface area (Å²) in [5.41, 5.74) is 7.59. The first-order valence-corrected chi connectivity index (χ1v) is 10.9. The summed E-state index contributed by atoms with van der Waals surface area (Å²) in [6.07, 6.45) is 3.17. The lowest BCUT2D eigenvalue weighted by Gasteiger charge is -2.37. The molecule has 0 saturated heterocycles. The highest BCUT2D eigenvalue weighted by Crippen LogP contribution is 2.48. The van der Waals surface area contributed by atoms with E-state index in [1.165, 1.54) is 22.3 Å². The minimum absolute atomic E-state index is 0.0933. The summed E-state index contributed by atoms with van der Waals surface area (Å²) in [4.78, 5) is 0. The Labute approximate surface area is 175 Å². The lowest BCUT2D eigenvalue weighted by Crippen LogP contribution is -2.28. The first-order chi connectivity index (χ1) is 13.8. The molecule has 0 spiro atoms. The number of fused-ring (bicyclic) bond motifs is 5. The minimum atomic E-state index is -0.0933. The predicted molar refractivity (Wildman–Crippen MR) is 121 cm³/mol. The smallest absolute Gasteiger partial charge is 0.121 e. The van der Waals surface area contributed by atoms with Gasteiger partial charge < -0.3 is 0 Å². The van der Waals surface area contributed by atoms with Gasteiger partial charge in [0.1, 0.15) is 5.69 Å². The van der Waals surface area contributed by atoms with Gasteiger partial charge in [0, 0.05) is 11.1 Å². The molecule has 1 unspecified atom stereocenters. The summed E-state index contributed by atoms with van der Waals surface area (Å²) in [5, 5.41) is 9.46. The van der Waals surface area contributed by atoms with Crippen LogP contribution in [-0.2, 0) is 12.0 Å². The molecular formula is C26H33N3. The van der Waals surface area contributed by atoms with E-state index in [0.717, 1.165) is 30.7 Å². The number of aromatic nitrogens is 3. The van der Waals surface area contributed by atoms with Crippen molar-refractivity contribution in [2.45, 2.75) is 72.3 Å². The van der Waals surface area contributed by atoms with Crippen molar-refractivity contribution in [3.8, 4) is 22.5 Å². The molecule has 1 aliphatic carbocycles. The molecule has 1 heterocycles. The largest absolute Gasteiger partial charge is 0.238 e. The Kier molecular flexibility index (Phi) is 4.88. The van der Waals surface area contributed by atoms with Gasteiger partial charge in [-0.1, -0.05) is 87.9 Å². The van der Waals surface area contributed by atoms with Crippen molar-refractivity contribution in [3.63, 3.8) is 0 Å². The van der Waals surface area contributed by atoms with E-state index in [4.69, 9.17) is 10.3 Å². The summed E-state index contributed by atoms with van der Waals surface area (Å²) in [6.45, 7) is 13.8.